The number of ketones is 1. The Bertz CT molecular complexity index is 722. The molecule has 26 heavy (non-hydrogen) atoms. The highest BCUT2D eigenvalue weighted by molar-refractivity contribution is 5.91. The van der Waals surface area contributed by atoms with Crippen molar-refractivity contribution < 1.29 is 9.90 Å². The second-order valence-electron chi connectivity index (χ2n) is 9.62. The van der Waals surface area contributed by atoms with Crippen LogP contribution in [-0.4, -0.2) is 16.5 Å². The monoisotopic (exact) mass is 352 g/mol. The molecule has 140 valence electrons. The first kappa shape index (κ1) is 18.1. The molecule has 0 aromatic rings. The van der Waals surface area contributed by atoms with Crippen LogP contribution in [0.1, 0.15) is 71.6 Å². The van der Waals surface area contributed by atoms with E-state index in [0.717, 1.165) is 38.5 Å². The van der Waals surface area contributed by atoms with Crippen LogP contribution in [0.15, 0.2) is 24.3 Å². The van der Waals surface area contributed by atoms with Crippen molar-refractivity contribution in [2.45, 2.75) is 77.2 Å². The van der Waals surface area contributed by atoms with Crippen LogP contribution in [-0.2, 0) is 4.79 Å². The molecule has 0 radical (unpaired) electrons. The summed E-state index contributed by atoms with van der Waals surface area (Å²) in [5, 5.41) is 11.4. The van der Waals surface area contributed by atoms with Crippen molar-refractivity contribution >= 4 is 5.78 Å². The van der Waals surface area contributed by atoms with E-state index in [1.54, 1.807) is 0 Å². The number of allylic oxidation sites excluding steroid dienone is 2. The molecule has 2 heteroatoms. The molecule has 0 aromatic carbocycles. The minimum atomic E-state index is -0.842. The lowest BCUT2D eigenvalue weighted by molar-refractivity contribution is -0.119. The molecule has 1 unspecified atom stereocenters. The summed E-state index contributed by atoms with van der Waals surface area (Å²) in [6.07, 6.45) is 12.5. The SMILES string of the molecule is C=CCC#CC1(O)CC[C@H]2[C@@H]3CCC4=CC(=O)CC[C@]4(C)[C@@H]3CC[C@@]21C. The zero-order valence-corrected chi connectivity index (χ0v) is 16.3. The van der Waals surface area contributed by atoms with Crippen molar-refractivity contribution in [1.82, 2.24) is 0 Å². The molecular weight excluding hydrogens is 320 g/mol. The van der Waals surface area contributed by atoms with Crippen LogP contribution in [0.5, 0.6) is 0 Å². The van der Waals surface area contributed by atoms with Gasteiger partial charge in [-0.3, -0.25) is 4.79 Å². The fourth-order valence-corrected chi connectivity index (χ4v) is 7.05. The number of rotatable bonds is 1. The van der Waals surface area contributed by atoms with Crippen molar-refractivity contribution in [3.63, 3.8) is 0 Å². The van der Waals surface area contributed by atoms with E-state index >= 15 is 0 Å². The number of carbonyl (C=O) groups excluding carboxylic acids is 1. The van der Waals surface area contributed by atoms with Crippen LogP contribution in [0.3, 0.4) is 0 Å². The second kappa shape index (κ2) is 6.10. The summed E-state index contributed by atoms with van der Waals surface area (Å²) >= 11 is 0. The van der Waals surface area contributed by atoms with E-state index in [-0.39, 0.29) is 10.8 Å². The molecule has 4 aliphatic rings. The Morgan fingerprint density at radius 3 is 2.73 bits per heavy atom. The summed E-state index contributed by atoms with van der Waals surface area (Å²) in [6.45, 7) is 8.44. The van der Waals surface area contributed by atoms with E-state index < -0.39 is 5.60 Å². The molecule has 2 nitrogen and oxygen atoms in total. The normalized spacial score (nSPS) is 47.0. The van der Waals surface area contributed by atoms with Crippen molar-refractivity contribution in [2.75, 3.05) is 0 Å². The first-order chi connectivity index (χ1) is 12.3. The number of fused-ring (bicyclic) bond motifs is 5. The Balaban J connectivity index is 1.65. The van der Waals surface area contributed by atoms with Crippen molar-refractivity contribution in [3.05, 3.63) is 24.3 Å². The van der Waals surface area contributed by atoms with Gasteiger partial charge in [-0.05, 0) is 74.2 Å². The van der Waals surface area contributed by atoms with Crippen LogP contribution in [0.25, 0.3) is 0 Å². The predicted molar refractivity (Wildman–Crippen MR) is 104 cm³/mol. The Morgan fingerprint density at radius 1 is 1.19 bits per heavy atom. The number of aliphatic hydroxyl groups is 1. The van der Waals surface area contributed by atoms with Crippen LogP contribution in [0, 0.1) is 40.4 Å². The topological polar surface area (TPSA) is 37.3 Å². The number of hydrogen-bond acceptors (Lipinski definition) is 2. The van der Waals surface area contributed by atoms with Crippen molar-refractivity contribution in [2.24, 2.45) is 28.6 Å². The van der Waals surface area contributed by atoms with E-state index in [1.165, 1.54) is 12.0 Å². The number of hydrogen-bond donors (Lipinski definition) is 1. The molecule has 0 saturated heterocycles. The summed E-state index contributed by atoms with van der Waals surface area (Å²) in [6, 6.07) is 0. The number of carbonyl (C=O) groups is 1. The standard InChI is InChI=1S/C24H32O2/c1-4-5-6-12-24(26)15-11-21-19-8-7-17-16-18(25)9-13-22(17,2)20(19)10-14-23(21,24)3/h4,16,19-21,26H,1,5,7-11,13-15H2,2-3H3/t19-,20-,21+,22+,23+,24?/m1/s1. The van der Waals surface area contributed by atoms with Gasteiger partial charge < -0.3 is 5.11 Å². The summed E-state index contributed by atoms with van der Waals surface area (Å²) in [7, 11) is 0. The maximum atomic E-state index is 11.9. The summed E-state index contributed by atoms with van der Waals surface area (Å²) in [5.41, 5.74) is 0.681. The molecule has 0 aromatic heterocycles. The van der Waals surface area contributed by atoms with Gasteiger partial charge in [0.25, 0.3) is 0 Å². The third kappa shape index (κ3) is 2.40. The molecule has 4 aliphatic carbocycles. The van der Waals surface area contributed by atoms with Gasteiger partial charge in [-0.15, -0.1) is 6.58 Å². The highest BCUT2D eigenvalue weighted by Gasteiger charge is 2.63. The van der Waals surface area contributed by atoms with Crippen molar-refractivity contribution in [1.29, 1.82) is 0 Å². The van der Waals surface area contributed by atoms with Gasteiger partial charge in [0.05, 0.1) is 0 Å². The van der Waals surface area contributed by atoms with Gasteiger partial charge in [-0.2, -0.15) is 0 Å². The molecule has 0 spiro atoms. The van der Waals surface area contributed by atoms with E-state index in [9.17, 15) is 9.90 Å². The van der Waals surface area contributed by atoms with Gasteiger partial charge >= 0.3 is 0 Å². The molecule has 0 aliphatic heterocycles. The Hall–Kier alpha value is -1.33. The quantitative estimate of drug-likeness (QED) is 0.542. The average molecular weight is 353 g/mol. The third-order valence-electron chi connectivity index (χ3n) is 8.66. The van der Waals surface area contributed by atoms with E-state index in [1.807, 2.05) is 12.2 Å². The Labute approximate surface area is 158 Å². The predicted octanol–water partition coefficient (Wildman–Crippen LogP) is 4.83. The Morgan fingerprint density at radius 2 is 1.96 bits per heavy atom. The molecule has 6 atom stereocenters. The van der Waals surface area contributed by atoms with Gasteiger partial charge in [0.1, 0.15) is 5.60 Å². The summed E-state index contributed by atoms with van der Waals surface area (Å²) < 4.78 is 0. The van der Waals surface area contributed by atoms with Gasteiger partial charge in [0, 0.05) is 18.3 Å². The molecule has 0 bridgehead atoms. The molecule has 3 fully saturated rings. The molecule has 4 rings (SSSR count). The maximum absolute atomic E-state index is 11.9. The molecular formula is C24H32O2. The Kier molecular flexibility index (Phi) is 4.23. The molecule has 0 amide bonds. The van der Waals surface area contributed by atoms with E-state index in [4.69, 9.17) is 0 Å². The van der Waals surface area contributed by atoms with E-state index in [0.29, 0.717) is 36.4 Å². The lowest BCUT2D eigenvalue weighted by atomic mass is 9.46. The fraction of sp³-hybridized carbons (Fsp3) is 0.708. The zero-order chi connectivity index (χ0) is 18.6. The largest absolute Gasteiger partial charge is 0.377 e. The minimum Gasteiger partial charge on any atom is -0.377 e. The second-order valence-corrected chi connectivity index (χ2v) is 9.62. The van der Waals surface area contributed by atoms with Crippen LogP contribution in [0.2, 0.25) is 0 Å². The van der Waals surface area contributed by atoms with Crippen LogP contribution < -0.4 is 0 Å². The zero-order valence-electron chi connectivity index (χ0n) is 16.3. The van der Waals surface area contributed by atoms with Gasteiger partial charge in [-0.1, -0.05) is 37.3 Å². The van der Waals surface area contributed by atoms with Gasteiger partial charge in [-0.25, -0.2) is 0 Å². The fourth-order valence-electron chi connectivity index (χ4n) is 7.05. The molecule has 1 N–H and O–H groups in total. The smallest absolute Gasteiger partial charge is 0.155 e. The lowest BCUT2D eigenvalue weighted by Crippen LogP contribution is -2.54. The van der Waals surface area contributed by atoms with Crippen LogP contribution >= 0.6 is 0 Å². The summed E-state index contributed by atoms with van der Waals surface area (Å²) in [5.74, 6) is 8.59. The lowest BCUT2D eigenvalue weighted by Gasteiger charge is -2.58. The maximum Gasteiger partial charge on any atom is 0.155 e. The van der Waals surface area contributed by atoms with Crippen LogP contribution in [0.4, 0.5) is 0 Å². The summed E-state index contributed by atoms with van der Waals surface area (Å²) in [4.78, 5) is 11.9. The first-order valence-electron chi connectivity index (χ1n) is 10.4. The highest BCUT2D eigenvalue weighted by Crippen LogP contribution is 2.67. The molecule has 3 saturated carbocycles. The highest BCUT2D eigenvalue weighted by atomic mass is 16.3. The van der Waals surface area contributed by atoms with Crippen molar-refractivity contribution in [3.8, 4) is 11.8 Å². The van der Waals surface area contributed by atoms with Gasteiger partial charge in [0.2, 0.25) is 0 Å². The third-order valence-corrected chi connectivity index (χ3v) is 8.66. The average Bonchev–Trinajstić information content (AvgIpc) is 2.87. The van der Waals surface area contributed by atoms with Gasteiger partial charge in [0.15, 0.2) is 5.78 Å². The van der Waals surface area contributed by atoms with E-state index in [2.05, 4.69) is 32.3 Å². The molecule has 0 heterocycles. The minimum absolute atomic E-state index is 0.0929. The first-order valence-corrected chi connectivity index (χ1v) is 10.4.